The molecule has 1 atom stereocenters. The number of fused-ring (bicyclic) bond motifs is 2. The number of nitrogens with zero attached hydrogens (tertiary/aromatic N) is 2. The monoisotopic (exact) mass is 620 g/mol. The molecular formula is C27H25ClN2O7S3. The average Bonchev–Trinajstić information content (AvgIpc) is 3.43. The molecule has 40 heavy (non-hydrogen) atoms. The molecule has 1 unspecified atom stereocenters. The second kappa shape index (κ2) is 12.4. The summed E-state index contributed by atoms with van der Waals surface area (Å²) in [5, 5.41) is 1.40. The number of thiazole rings is 1. The third-order valence-corrected chi connectivity index (χ3v) is 8.77. The van der Waals surface area contributed by atoms with Crippen LogP contribution in [0, 0.1) is 0 Å². The van der Waals surface area contributed by atoms with Gasteiger partial charge >= 0.3 is 11.4 Å². The molecule has 0 fully saturated rings. The second-order valence-corrected chi connectivity index (χ2v) is 12.7. The number of rotatable bonds is 11. The van der Waals surface area contributed by atoms with Gasteiger partial charge in [-0.1, -0.05) is 59.3 Å². The number of hydrogen-bond acceptors (Lipinski definition) is 8. The van der Waals surface area contributed by atoms with Crippen molar-refractivity contribution in [2.24, 2.45) is 0 Å². The SMILES string of the molecule is O=S(O)OCCC[n+]1c(C=C2Oc3ccc(-c4ccccc4)cc3N2CCCS(=O)(=O)[O-])sc2ccc(Cl)cc21. The van der Waals surface area contributed by atoms with Crippen molar-refractivity contribution in [3.8, 4) is 16.9 Å². The number of hydrogen-bond donors (Lipinski definition) is 1. The first-order valence-corrected chi connectivity index (χ1v) is 16.1. The largest absolute Gasteiger partial charge is 0.748 e. The van der Waals surface area contributed by atoms with E-state index in [1.807, 2.05) is 82.3 Å². The molecule has 1 aliphatic rings. The molecule has 0 saturated carbocycles. The minimum Gasteiger partial charge on any atom is -0.748 e. The standard InChI is InChI=1S/C27H25ClN2O7S3/c28-21-9-11-25-23(17-21)30(12-4-14-36-39(31)32)27(38-25)18-26-29(13-5-15-40(33,34)35)22-16-20(8-10-24(22)37-26)19-6-2-1-3-7-19/h1-3,6-11,16-18H,4-5,12-15H2,(H-,31,32,33,34,35). The Morgan fingerprint density at radius 1 is 1.10 bits per heavy atom. The molecule has 5 rings (SSSR count). The quantitative estimate of drug-likeness (QED) is 0.105. The maximum absolute atomic E-state index is 11.3. The van der Waals surface area contributed by atoms with Gasteiger partial charge in [0.2, 0.25) is 11.4 Å². The predicted molar refractivity (Wildman–Crippen MR) is 155 cm³/mol. The summed E-state index contributed by atoms with van der Waals surface area (Å²) in [6, 6.07) is 21.3. The number of halogens is 1. The molecule has 0 bridgehead atoms. The van der Waals surface area contributed by atoms with Crippen molar-refractivity contribution in [2.75, 3.05) is 23.8 Å². The maximum atomic E-state index is 11.3. The number of aromatic nitrogens is 1. The van der Waals surface area contributed by atoms with Crippen molar-refractivity contribution in [3.63, 3.8) is 0 Å². The molecule has 0 aliphatic carbocycles. The van der Waals surface area contributed by atoms with Crippen molar-refractivity contribution >= 4 is 66.4 Å². The molecule has 1 N–H and O–H groups in total. The van der Waals surface area contributed by atoms with Gasteiger partial charge in [0.15, 0.2) is 12.3 Å². The van der Waals surface area contributed by atoms with E-state index in [4.69, 9.17) is 25.1 Å². The Bertz CT molecular complexity index is 1690. The fraction of sp³-hybridized carbons (Fsp3) is 0.222. The topological polar surface area (TPSA) is 120 Å². The summed E-state index contributed by atoms with van der Waals surface area (Å²) >= 11 is 5.47. The normalized spacial score (nSPS) is 15.0. The van der Waals surface area contributed by atoms with Gasteiger partial charge in [0.05, 0.1) is 28.5 Å². The van der Waals surface area contributed by atoms with Gasteiger partial charge in [-0.25, -0.2) is 8.42 Å². The number of aryl methyl sites for hydroxylation is 1. The summed E-state index contributed by atoms with van der Waals surface area (Å²) in [4.78, 5) is 1.88. The summed E-state index contributed by atoms with van der Waals surface area (Å²) in [5.41, 5.74) is 3.65. The Morgan fingerprint density at radius 2 is 1.90 bits per heavy atom. The van der Waals surface area contributed by atoms with Crippen molar-refractivity contribution in [1.82, 2.24) is 0 Å². The van der Waals surface area contributed by atoms with E-state index in [-0.39, 0.29) is 19.6 Å². The molecule has 1 aromatic heterocycles. The van der Waals surface area contributed by atoms with Gasteiger partial charge in [-0.15, -0.1) is 0 Å². The summed E-state index contributed by atoms with van der Waals surface area (Å²) in [5.74, 6) is 0.617. The number of anilines is 1. The number of benzene rings is 3. The summed E-state index contributed by atoms with van der Waals surface area (Å²) in [6.45, 7) is 0.825. The highest BCUT2D eigenvalue weighted by Crippen LogP contribution is 2.42. The third-order valence-electron chi connectivity index (χ3n) is 6.26. The maximum Gasteiger partial charge on any atom is 0.301 e. The molecule has 9 nitrogen and oxygen atoms in total. The van der Waals surface area contributed by atoms with Gasteiger partial charge in [0, 0.05) is 29.8 Å². The minimum absolute atomic E-state index is 0.0873. The summed E-state index contributed by atoms with van der Waals surface area (Å²) in [7, 11) is -4.37. The van der Waals surface area contributed by atoms with Crippen LogP contribution in [0.4, 0.5) is 5.69 Å². The molecule has 13 heteroatoms. The van der Waals surface area contributed by atoms with Gasteiger partial charge in [0.1, 0.15) is 4.70 Å². The minimum atomic E-state index is -4.37. The molecule has 0 saturated heterocycles. The van der Waals surface area contributed by atoms with Crippen LogP contribution < -0.4 is 14.2 Å². The molecular weight excluding hydrogens is 596 g/mol. The highest BCUT2D eigenvalue weighted by atomic mass is 35.5. The predicted octanol–water partition coefficient (Wildman–Crippen LogP) is 5.19. The smallest absolute Gasteiger partial charge is 0.301 e. The van der Waals surface area contributed by atoms with E-state index < -0.39 is 27.2 Å². The molecule has 3 aromatic carbocycles. The van der Waals surface area contributed by atoms with Crippen molar-refractivity contribution in [2.45, 2.75) is 19.4 Å². The van der Waals surface area contributed by atoms with E-state index in [1.165, 1.54) is 11.3 Å². The Balaban J connectivity index is 1.53. The lowest BCUT2D eigenvalue weighted by Crippen LogP contribution is -2.36. The Labute approximate surface area is 243 Å². The first kappa shape index (κ1) is 28.7. The summed E-state index contributed by atoms with van der Waals surface area (Å²) < 4.78 is 67.9. The lowest BCUT2D eigenvalue weighted by atomic mass is 10.0. The van der Waals surface area contributed by atoms with Crippen LogP contribution in [0.15, 0.2) is 72.6 Å². The molecule has 0 radical (unpaired) electrons. The number of ether oxygens (including phenoxy) is 1. The fourth-order valence-electron chi connectivity index (χ4n) is 4.52. The van der Waals surface area contributed by atoms with Crippen LogP contribution in [0.25, 0.3) is 27.4 Å². The van der Waals surface area contributed by atoms with E-state index in [0.29, 0.717) is 29.6 Å². The van der Waals surface area contributed by atoms with Crippen LogP contribution >= 0.6 is 22.9 Å². The van der Waals surface area contributed by atoms with Gasteiger partial charge in [0.25, 0.3) is 5.01 Å². The zero-order valence-corrected chi connectivity index (χ0v) is 24.3. The van der Waals surface area contributed by atoms with Crippen molar-refractivity contribution in [1.29, 1.82) is 0 Å². The van der Waals surface area contributed by atoms with Crippen molar-refractivity contribution < 1.29 is 35.2 Å². The fourth-order valence-corrected chi connectivity index (χ4v) is 6.52. The molecule has 210 valence electrons. The van der Waals surface area contributed by atoms with E-state index >= 15 is 0 Å². The Hall–Kier alpha value is -2.84. The lowest BCUT2D eigenvalue weighted by Gasteiger charge is -2.19. The van der Waals surface area contributed by atoms with Crippen LogP contribution in [0.5, 0.6) is 5.75 Å². The van der Waals surface area contributed by atoms with E-state index in [2.05, 4.69) is 0 Å². The molecule has 4 aromatic rings. The van der Waals surface area contributed by atoms with E-state index in [9.17, 15) is 17.2 Å². The Kier molecular flexibility index (Phi) is 8.86. The van der Waals surface area contributed by atoms with E-state index in [1.54, 1.807) is 0 Å². The molecule has 2 heterocycles. The van der Waals surface area contributed by atoms with Gasteiger partial charge in [-0.05, 0) is 41.8 Å². The first-order valence-electron chi connectivity index (χ1n) is 12.3. The van der Waals surface area contributed by atoms with E-state index in [0.717, 1.165) is 32.0 Å². The van der Waals surface area contributed by atoms with Gasteiger partial charge in [-0.2, -0.15) is 8.78 Å². The first-order chi connectivity index (χ1) is 19.2. The highest BCUT2D eigenvalue weighted by Gasteiger charge is 2.29. The van der Waals surface area contributed by atoms with Gasteiger partial charge in [-0.3, -0.25) is 8.74 Å². The molecule has 0 spiro atoms. The second-order valence-electron chi connectivity index (χ2n) is 9.00. The molecule has 0 amide bonds. The van der Waals surface area contributed by atoms with Crippen molar-refractivity contribution in [3.05, 3.63) is 82.6 Å². The zero-order chi connectivity index (χ0) is 28.3. The van der Waals surface area contributed by atoms with Crippen LogP contribution in [0.2, 0.25) is 5.02 Å². The average molecular weight is 621 g/mol. The third kappa shape index (κ3) is 6.89. The zero-order valence-electron chi connectivity index (χ0n) is 21.1. The molecule has 1 aliphatic heterocycles. The van der Waals surface area contributed by atoms with Crippen LogP contribution in [0.3, 0.4) is 0 Å². The van der Waals surface area contributed by atoms with Crippen LogP contribution in [-0.4, -0.2) is 40.6 Å². The lowest BCUT2D eigenvalue weighted by molar-refractivity contribution is -0.669. The van der Waals surface area contributed by atoms with Gasteiger partial charge < -0.3 is 14.2 Å². The van der Waals surface area contributed by atoms with Crippen LogP contribution in [-0.2, 0) is 32.2 Å². The highest BCUT2D eigenvalue weighted by molar-refractivity contribution is 7.85. The van der Waals surface area contributed by atoms with Crippen LogP contribution in [0.1, 0.15) is 17.8 Å². The summed E-state index contributed by atoms with van der Waals surface area (Å²) in [6.07, 6.45) is 2.47. The Morgan fingerprint density at radius 3 is 2.65 bits per heavy atom.